The van der Waals surface area contributed by atoms with Crippen molar-refractivity contribution < 1.29 is 4.52 Å². The number of aromatic nitrogens is 1. The topological polar surface area (TPSA) is 26.0 Å². The number of hydrogen-bond acceptors (Lipinski definition) is 2. The van der Waals surface area contributed by atoms with Crippen molar-refractivity contribution in [1.82, 2.24) is 5.16 Å². The largest absolute Gasteiger partial charge is 0.356 e. The Kier molecular flexibility index (Phi) is 2.82. The van der Waals surface area contributed by atoms with E-state index in [4.69, 9.17) is 4.52 Å². The van der Waals surface area contributed by atoms with E-state index in [1.54, 1.807) is 0 Å². The molecule has 0 aliphatic heterocycles. The highest BCUT2D eigenvalue weighted by molar-refractivity contribution is 5.62. The first-order valence-electron chi connectivity index (χ1n) is 5.93. The summed E-state index contributed by atoms with van der Waals surface area (Å²) >= 11 is 0. The standard InChI is InChI=1S/C15H19NO/c1-10-8-12(15(3,4)5)6-7-13(10)14-9-11(2)16-17-14/h6-9H,1-5H3. The quantitative estimate of drug-likeness (QED) is 0.730. The molecule has 2 aromatic rings. The van der Waals surface area contributed by atoms with E-state index in [0.29, 0.717) is 0 Å². The molecule has 0 aliphatic carbocycles. The van der Waals surface area contributed by atoms with Gasteiger partial charge in [-0.2, -0.15) is 0 Å². The third kappa shape index (κ3) is 2.41. The average molecular weight is 229 g/mol. The predicted octanol–water partition coefficient (Wildman–Crippen LogP) is 4.26. The van der Waals surface area contributed by atoms with Crippen LogP contribution in [-0.4, -0.2) is 5.16 Å². The number of rotatable bonds is 1. The van der Waals surface area contributed by atoms with Gasteiger partial charge in [0.1, 0.15) is 0 Å². The number of nitrogens with zero attached hydrogens (tertiary/aromatic N) is 1. The Labute approximate surface area is 103 Å². The van der Waals surface area contributed by atoms with E-state index >= 15 is 0 Å². The molecular weight excluding hydrogens is 210 g/mol. The molecule has 0 aliphatic rings. The molecule has 2 nitrogen and oxygen atoms in total. The molecule has 1 heterocycles. The van der Waals surface area contributed by atoms with E-state index in [-0.39, 0.29) is 5.41 Å². The zero-order valence-corrected chi connectivity index (χ0v) is 11.2. The van der Waals surface area contributed by atoms with Gasteiger partial charge in [0.2, 0.25) is 0 Å². The van der Waals surface area contributed by atoms with Gasteiger partial charge in [-0.15, -0.1) is 0 Å². The van der Waals surface area contributed by atoms with E-state index in [9.17, 15) is 0 Å². The van der Waals surface area contributed by atoms with Crippen molar-refractivity contribution in [3.05, 3.63) is 41.1 Å². The molecule has 2 rings (SSSR count). The van der Waals surface area contributed by atoms with Gasteiger partial charge in [-0.1, -0.05) is 44.1 Å². The summed E-state index contributed by atoms with van der Waals surface area (Å²) in [4.78, 5) is 0. The summed E-state index contributed by atoms with van der Waals surface area (Å²) in [5.74, 6) is 0.848. The minimum absolute atomic E-state index is 0.181. The minimum atomic E-state index is 0.181. The van der Waals surface area contributed by atoms with Crippen LogP contribution in [0.3, 0.4) is 0 Å². The maximum Gasteiger partial charge on any atom is 0.167 e. The van der Waals surface area contributed by atoms with Crippen LogP contribution in [0.1, 0.15) is 37.6 Å². The lowest BCUT2D eigenvalue weighted by atomic mass is 9.85. The zero-order valence-electron chi connectivity index (χ0n) is 11.2. The van der Waals surface area contributed by atoms with Gasteiger partial charge < -0.3 is 4.52 Å². The second-order valence-corrected chi connectivity index (χ2v) is 5.61. The predicted molar refractivity (Wildman–Crippen MR) is 70.1 cm³/mol. The van der Waals surface area contributed by atoms with Gasteiger partial charge in [0.25, 0.3) is 0 Å². The molecule has 0 bridgehead atoms. The maximum atomic E-state index is 5.31. The molecular formula is C15H19NO. The SMILES string of the molecule is Cc1cc(-c2ccc(C(C)(C)C)cc2C)on1. The monoisotopic (exact) mass is 229 g/mol. The van der Waals surface area contributed by atoms with Crippen LogP contribution in [0.4, 0.5) is 0 Å². The molecule has 0 fully saturated rings. The Balaban J connectivity index is 2.45. The number of aryl methyl sites for hydroxylation is 2. The lowest BCUT2D eigenvalue weighted by Gasteiger charge is -2.20. The van der Waals surface area contributed by atoms with Crippen LogP contribution in [0.5, 0.6) is 0 Å². The molecule has 0 atom stereocenters. The van der Waals surface area contributed by atoms with Crippen LogP contribution in [-0.2, 0) is 5.41 Å². The maximum absolute atomic E-state index is 5.31. The smallest absolute Gasteiger partial charge is 0.167 e. The molecule has 2 heteroatoms. The summed E-state index contributed by atoms with van der Waals surface area (Å²) in [7, 11) is 0. The summed E-state index contributed by atoms with van der Waals surface area (Å²) in [6.07, 6.45) is 0. The summed E-state index contributed by atoms with van der Waals surface area (Å²) in [5.41, 5.74) is 4.79. The molecule has 0 spiro atoms. The number of benzene rings is 1. The molecule has 90 valence electrons. The van der Waals surface area contributed by atoms with Crippen molar-refractivity contribution >= 4 is 0 Å². The Morgan fingerprint density at radius 3 is 2.24 bits per heavy atom. The van der Waals surface area contributed by atoms with Crippen molar-refractivity contribution in [3.8, 4) is 11.3 Å². The second kappa shape index (κ2) is 4.02. The van der Waals surface area contributed by atoms with Crippen LogP contribution in [0.15, 0.2) is 28.8 Å². The van der Waals surface area contributed by atoms with Gasteiger partial charge in [0.05, 0.1) is 5.69 Å². The molecule has 0 radical (unpaired) electrons. The van der Waals surface area contributed by atoms with Gasteiger partial charge in [-0.3, -0.25) is 0 Å². The first kappa shape index (κ1) is 11.9. The highest BCUT2D eigenvalue weighted by Crippen LogP contribution is 2.29. The summed E-state index contributed by atoms with van der Waals surface area (Å²) in [6.45, 7) is 10.7. The van der Waals surface area contributed by atoms with E-state index < -0.39 is 0 Å². The molecule has 0 amide bonds. The first-order valence-corrected chi connectivity index (χ1v) is 5.93. The fourth-order valence-corrected chi connectivity index (χ4v) is 1.90. The first-order chi connectivity index (χ1) is 7.88. The summed E-state index contributed by atoms with van der Waals surface area (Å²) in [5, 5.41) is 3.93. The Hall–Kier alpha value is -1.57. The Bertz CT molecular complexity index is 532. The third-order valence-corrected chi connectivity index (χ3v) is 2.99. The Morgan fingerprint density at radius 1 is 1.06 bits per heavy atom. The fourth-order valence-electron chi connectivity index (χ4n) is 1.90. The van der Waals surface area contributed by atoms with Gasteiger partial charge in [-0.05, 0) is 30.4 Å². The van der Waals surface area contributed by atoms with Crippen LogP contribution < -0.4 is 0 Å². The number of hydrogen-bond donors (Lipinski definition) is 0. The molecule has 17 heavy (non-hydrogen) atoms. The van der Waals surface area contributed by atoms with Crippen molar-refractivity contribution in [2.45, 2.75) is 40.0 Å². The average Bonchev–Trinajstić information content (AvgIpc) is 2.63. The lowest BCUT2D eigenvalue weighted by Crippen LogP contribution is -2.11. The second-order valence-electron chi connectivity index (χ2n) is 5.61. The lowest BCUT2D eigenvalue weighted by molar-refractivity contribution is 0.427. The van der Waals surface area contributed by atoms with E-state index in [0.717, 1.165) is 17.0 Å². The van der Waals surface area contributed by atoms with Crippen molar-refractivity contribution in [2.75, 3.05) is 0 Å². The highest BCUT2D eigenvalue weighted by Gasteiger charge is 2.15. The molecule has 0 unspecified atom stereocenters. The summed E-state index contributed by atoms with van der Waals surface area (Å²) < 4.78 is 5.31. The van der Waals surface area contributed by atoms with Crippen LogP contribution in [0.2, 0.25) is 0 Å². The van der Waals surface area contributed by atoms with E-state index in [2.05, 4.69) is 51.1 Å². The zero-order chi connectivity index (χ0) is 12.6. The third-order valence-electron chi connectivity index (χ3n) is 2.99. The molecule has 0 saturated heterocycles. The van der Waals surface area contributed by atoms with Gasteiger partial charge in [0, 0.05) is 11.6 Å². The van der Waals surface area contributed by atoms with Gasteiger partial charge >= 0.3 is 0 Å². The molecule has 1 aromatic carbocycles. The van der Waals surface area contributed by atoms with Crippen molar-refractivity contribution in [3.63, 3.8) is 0 Å². The summed E-state index contributed by atoms with van der Waals surface area (Å²) in [6, 6.07) is 8.49. The van der Waals surface area contributed by atoms with E-state index in [1.165, 1.54) is 11.1 Å². The van der Waals surface area contributed by atoms with Gasteiger partial charge in [-0.25, -0.2) is 0 Å². The van der Waals surface area contributed by atoms with E-state index in [1.807, 2.05) is 13.0 Å². The van der Waals surface area contributed by atoms with Crippen LogP contribution >= 0.6 is 0 Å². The normalized spacial score (nSPS) is 11.8. The molecule has 0 saturated carbocycles. The van der Waals surface area contributed by atoms with Crippen LogP contribution in [0.25, 0.3) is 11.3 Å². The van der Waals surface area contributed by atoms with Crippen LogP contribution in [0, 0.1) is 13.8 Å². The minimum Gasteiger partial charge on any atom is -0.356 e. The van der Waals surface area contributed by atoms with Gasteiger partial charge in [0.15, 0.2) is 5.76 Å². The fraction of sp³-hybridized carbons (Fsp3) is 0.400. The Morgan fingerprint density at radius 2 is 1.76 bits per heavy atom. The highest BCUT2D eigenvalue weighted by atomic mass is 16.5. The van der Waals surface area contributed by atoms with Crippen molar-refractivity contribution in [1.29, 1.82) is 0 Å². The molecule has 0 N–H and O–H groups in total. The molecule has 1 aromatic heterocycles. The van der Waals surface area contributed by atoms with Crippen molar-refractivity contribution in [2.24, 2.45) is 0 Å².